The molecule has 0 N–H and O–H groups in total. The van der Waals surface area contributed by atoms with Crippen LogP contribution in [0.15, 0.2) is 48.8 Å². The monoisotopic (exact) mass is 463 g/mol. The first kappa shape index (κ1) is 25.3. The van der Waals surface area contributed by atoms with Crippen molar-refractivity contribution < 1.29 is 13.5 Å². The standard InChI is InChI=1S/C28H31F2N3O/c1-2-3-4-5-6-7-8-9-10-15-34-24-13-11-21(12-14-24)23-19-32-28(33-20-23)22-16-26(29)25(18-31)27(30)17-22/h11-14,16-17,19-20H,2-10,15H2,1H3. The van der Waals surface area contributed by atoms with Gasteiger partial charge in [0.15, 0.2) is 5.82 Å². The summed E-state index contributed by atoms with van der Waals surface area (Å²) in [5, 5.41) is 8.79. The van der Waals surface area contributed by atoms with Gasteiger partial charge in [0.25, 0.3) is 0 Å². The lowest BCUT2D eigenvalue weighted by Gasteiger charge is -2.08. The molecule has 0 saturated heterocycles. The molecule has 34 heavy (non-hydrogen) atoms. The van der Waals surface area contributed by atoms with Crippen molar-refractivity contribution in [2.45, 2.75) is 64.7 Å². The molecule has 0 spiro atoms. The molecular formula is C28H31F2N3O. The molecule has 0 fully saturated rings. The minimum atomic E-state index is -0.928. The Morgan fingerprint density at radius 2 is 1.32 bits per heavy atom. The van der Waals surface area contributed by atoms with Crippen molar-refractivity contribution in [3.05, 3.63) is 66.0 Å². The number of unbranched alkanes of at least 4 members (excludes halogenated alkanes) is 8. The van der Waals surface area contributed by atoms with Crippen LogP contribution in [0.5, 0.6) is 5.75 Å². The molecule has 3 aromatic rings. The summed E-state index contributed by atoms with van der Waals surface area (Å²) < 4.78 is 33.6. The topological polar surface area (TPSA) is 58.8 Å². The van der Waals surface area contributed by atoms with E-state index in [0.29, 0.717) is 6.61 Å². The molecule has 0 atom stereocenters. The number of nitriles is 1. The smallest absolute Gasteiger partial charge is 0.159 e. The van der Waals surface area contributed by atoms with Gasteiger partial charge in [-0.05, 0) is 36.2 Å². The van der Waals surface area contributed by atoms with Crippen molar-refractivity contribution in [3.8, 4) is 34.3 Å². The van der Waals surface area contributed by atoms with Gasteiger partial charge in [0, 0.05) is 23.5 Å². The average molecular weight is 464 g/mol. The summed E-state index contributed by atoms with van der Waals surface area (Å²) in [6.45, 7) is 2.96. The molecule has 2 aromatic carbocycles. The van der Waals surface area contributed by atoms with Crippen molar-refractivity contribution in [2.75, 3.05) is 6.61 Å². The van der Waals surface area contributed by atoms with Crippen molar-refractivity contribution in [2.24, 2.45) is 0 Å². The zero-order valence-electron chi connectivity index (χ0n) is 19.7. The van der Waals surface area contributed by atoms with Crippen LogP contribution in [0.4, 0.5) is 8.78 Å². The average Bonchev–Trinajstić information content (AvgIpc) is 2.85. The lowest BCUT2D eigenvalue weighted by molar-refractivity contribution is 0.304. The third-order valence-corrected chi connectivity index (χ3v) is 5.77. The molecule has 0 bridgehead atoms. The third kappa shape index (κ3) is 7.34. The molecular weight excluding hydrogens is 432 g/mol. The molecule has 0 aliphatic carbocycles. The van der Waals surface area contributed by atoms with E-state index in [0.717, 1.165) is 35.4 Å². The number of halogens is 2. The molecule has 178 valence electrons. The van der Waals surface area contributed by atoms with Crippen LogP contribution in [-0.2, 0) is 0 Å². The number of nitrogens with zero attached hydrogens (tertiary/aromatic N) is 3. The number of hydrogen-bond donors (Lipinski definition) is 0. The van der Waals surface area contributed by atoms with Crippen LogP contribution in [0.3, 0.4) is 0 Å². The molecule has 4 nitrogen and oxygen atoms in total. The summed E-state index contributed by atoms with van der Waals surface area (Å²) in [4.78, 5) is 8.47. The van der Waals surface area contributed by atoms with E-state index in [1.165, 1.54) is 57.4 Å². The second kappa shape index (κ2) is 13.4. The first-order valence-electron chi connectivity index (χ1n) is 12.1. The van der Waals surface area contributed by atoms with Crippen LogP contribution in [-0.4, -0.2) is 16.6 Å². The summed E-state index contributed by atoms with van der Waals surface area (Å²) in [7, 11) is 0. The Morgan fingerprint density at radius 3 is 1.88 bits per heavy atom. The van der Waals surface area contributed by atoms with Gasteiger partial charge >= 0.3 is 0 Å². The highest BCUT2D eigenvalue weighted by atomic mass is 19.1. The van der Waals surface area contributed by atoms with Crippen LogP contribution in [0.1, 0.15) is 70.3 Å². The molecule has 6 heteroatoms. The van der Waals surface area contributed by atoms with Gasteiger partial charge in [0.2, 0.25) is 0 Å². The van der Waals surface area contributed by atoms with Crippen molar-refractivity contribution in [1.82, 2.24) is 9.97 Å². The maximum absolute atomic E-state index is 13.9. The zero-order chi connectivity index (χ0) is 24.2. The molecule has 0 saturated carbocycles. The fraction of sp³-hybridized carbons (Fsp3) is 0.393. The first-order chi connectivity index (χ1) is 16.6. The number of benzene rings is 2. The van der Waals surface area contributed by atoms with Crippen LogP contribution < -0.4 is 4.74 Å². The van der Waals surface area contributed by atoms with E-state index in [1.54, 1.807) is 12.4 Å². The van der Waals surface area contributed by atoms with E-state index in [2.05, 4.69) is 16.9 Å². The van der Waals surface area contributed by atoms with Crippen LogP contribution >= 0.6 is 0 Å². The number of ether oxygens (including phenoxy) is 1. The van der Waals surface area contributed by atoms with Gasteiger partial charge in [-0.2, -0.15) is 5.26 Å². The normalized spacial score (nSPS) is 10.8. The fourth-order valence-corrected chi connectivity index (χ4v) is 3.78. The highest BCUT2D eigenvalue weighted by Crippen LogP contribution is 2.25. The molecule has 0 radical (unpaired) electrons. The van der Waals surface area contributed by atoms with Gasteiger partial charge in [-0.25, -0.2) is 18.7 Å². The van der Waals surface area contributed by atoms with Crippen LogP contribution in [0, 0.1) is 23.0 Å². The SMILES string of the molecule is CCCCCCCCCCCOc1ccc(-c2cnc(-c3cc(F)c(C#N)c(F)c3)nc2)cc1. The maximum atomic E-state index is 13.9. The lowest BCUT2D eigenvalue weighted by atomic mass is 10.1. The van der Waals surface area contributed by atoms with Crippen molar-refractivity contribution in [3.63, 3.8) is 0 Å². The van der Waals surface area contributed by atoms with E-state index in [1.807, 2.05) is 24.3 Å². The Hall–Kier alpha value is -3.33. The second-order valence-corrected chi connectivity index (χ2v) is 8.42. The molecule has 0 amide bonds. The molecule has 0 aliphatic heterocycles. The highest BCUT2D eigenvalue weighted by molar-refractivity contribution is 5.64. The summed E-state index contributed by atoms with van der Waals surface area (Å²) in [6.07, 6.45) is 14.8. The predicted octanol–water partition coefficient (Wildman–Crippen LogP) is 7.87. The summed E-state index contributed by atoms with van der Waals surface area (Å²) >= 11 is 0. The van der Waals surface area contributed by atoms with E-state index >= 15 is 0 Å². The quantitative estimate of drug-likeness (QED) is 0.242. The predicted molar refractivity (Wildman–Crippen MR) is 130 cm³/mol. The van der Waals surface area contributed by atoms with E-state index in [4.69, 9.17) is 10.00 Å². The Labute approximate surface area is 200 Å². The Bertz CT molecular complexity index is 1050. The van der Waals surface area contributed by atoms with E-state index < -0.39 is 17.2 Å². The summed E-state index contributed by atoms with van der Waals surface area (Å²) in [5.74, 6) is -0.845. The van der Waals surface area contributed by atoms with Crippen LogP contribution in [0.25, 0.3) is 22.5 Å². The van der Waals surface area contributed by atoms with E-state index in [9.17, 15) is 8.78 Å². The minimum Gasteiger partial charge on any atom is -0.494 e. The molecule has 0 aliphatic rings. The largest absolute Gasteiger partial charge is 0.494 e. The summed E-state index contributed by atoms with van der Waals surface area (Å²) in [6, 6.07) is 11.3. The van der Waals surface area contributed by atoms with Crippen molar-refractivity contribution >= 4 is 0 Å². The Kier molecular flexibility index (Phi) is 9.97. The molecule has 1 aromatic heterocycles. The van der Waals surface area contributed by atoms with Gasteiger partial charge in [-0.15, -0.1) is 0 Å². The first-order valence-corrected chi connectivity index (χ1v) is 12.1. The van der Waals surface area contributed by atoms with Gasteiger partial charge in [-0.1, -0.05) is 70.4 Å². The Balaban J connectivity index is 1.46. The van der Waals surface area contributed by atoms with Gasteiger partial charge in [0.05, 0.1) is 6.61 Å². The maximum Gasteiger partial charge on any atom is 0.159 e. The molecule has 1 heterocycles. The zero-order valence-corrected chi connectivity index (χ0v) is 19.7. The third-order valence-electron chi connectivity index (χ3n) is 5.77. The van der Waals surface area contributed by atoms with Gasteiger partial charge in [0.1, 0.15) is 29.0 Å². The van der Waals surface area contributed by atoms with Gasteiger partial charge in [-0.3, -0.25) is 0 Å². The molecule has 3 rings (SSSR count). The van der Waals surface area contributed by atoms with Crippen LogP contribution in [0.2, 0.25) is 0 Å². The lowest BCUT2D eigenvalue weighted by Crippen LogP contribution is -1.97. The number of hydrogen-bond acceptors (Lipinski definition) is 4. The van der Waals surface area contributed by atoms with Gasteiger partial charge < -0.3 is 4.74 Å². The highest BCUT2D eigenvalue weighted by Gasteiger charge is 2.13. The minimum absolute atomic E-state index is 0.181. The Morgan fingerprint density at radius 1 is 0.765 bits per heavy atom. The molecule has 0 unspecified atom stereocenters. The fourth-order valence-electron chi connectivity index (χ4n) is 3.78. The summed E-state index contributed by atoms with van der Waals surface area (Å²) in [5.41, 5.74) is 1.27. The number of rotatable bonds is 13. The second-order valence-electron chi connectivity index (χ2n) is 8.42. The van der Waals surface area contributed by atoms with E-state index in [-0.39, 0.29) is 11.4 Å². The van der Waals surface area contributed by atoms with Crippen molar-refractivity contribution in [1.29, 1.82) is 5.26 Å². The number of aromatic nitrogens is 2.